The van der Waals surface area contributed by atoms with Crippen molar-refractivity contribution in [2.45, 2.75) is 12.8 Å². The van der Waals surface area contributed by atoms with Crippen LogP contribution in [0.15, 0.2) is 12.1 Å². The molecule has 0 saturated carbocycles. The average Bonchev–Trinajstić information content (AvgIpc) is 2.25. The van der Waals surface area contributed by atoms with Crippen LogP contribution >= 0.6 is 0 Å². The van der Waals surface area contributed by atoms with Gasteiger partial charge >= 0.3 is 6.18 Å². The second-order valence-corrected chi connectivity index (χ2v) is 3.02. The fourth-order valence-corrected chi connectivity index (χ4v) is 1.36. The van der Waals surface area contributed by atoms with Crippen LogP contribution in [0.4, 0.5) is 18.9 Å². The summed E-state index contributed by atoms with van der Waals surface area (Å²) in [6.45, 7) is -0.957. The van der Waals surface area contributed by atoms with Crippen molar-refractivity contribution in [3.8, 4) is 6.07 Å². The van der Waals surface area contributed by atoms with Gasteiger partial charge in [-0.15, -0.1) is 0 Å². The van der Waals surface area contributed by atoms with E-state index in [-0.39, 0.29) is 0 Å². The van der Waals surface area contributed by atoms with Gasteiger partial charge in [0.2, 0.25) is 0 Å². The van der Waals surface area contributed by atoms with Crippen LogP contribution in [0.5, 0.6) is 0 Å². The van der Waals surface area contributed by atoms with Crippen molar-refractivity contribution in [3.63, 3.8) is 0 Å². The van der Waals surface area contributed by atoms with Crippen molar-refractivity contribution < 1.29 is 23.2 Å². The highest BCUT2D eigenvalue weighted by Crippen LogP contribution is 2.38. The van der Waals surface area contributed by atoms with Gasteiger partial charge in [0, 0.05) is 6.07 Å². The maximum atomic E-state index is 12.6. The third-order valence-electron chi connectivity index (χ3n) is 2.03. The second kappa shape index (κ2) is 4.39. The van der Waals surface area contributed by atoms with E-state index in [1.54, 1.807) is 0 Å². The predicted octanol–water partition coefficient (Wildman–Crippen LogP) is 1.98. The number of nitro groups is 1. The standard InChI is InChI=1S/C9H5F3N2O3/c10-9(11,12)8-5(4-15)1-2-7(14(16)17)6(8)3-13/h1-2,15H,4H2. The Morgan fingerprint density at radius 3 is 2.41 bits per heavy atom. The molecule has 0 heterocycles. The van der Waals surface area contributed by atoms with Gasteiger partial charge in [-0.3, -0.25) is 10.1 Å². The van der Waals surface area contributed by atoms with E-state index in [9.17, 15) is 23.3 Å². The van der Waals surface area contributed by atoms with Gasteiger partial charge in [-0.25, -0.2) is 0 Å². The molecule has 0 fully saturated rings. The Morgan fingerprint density at radius 2 is 2.06 bits per heavy atom. The molecule has 0 unspecified atom stereocenters. The van der Waals surface area contributed by atoms with Gasteiger partial charge in [0.05, 0.1) is 17.1 Å². The van der Waals surface area contributed by atoms with E-state index in [4.69, 9.17) is 10.4 Å². The Hall–Kier alpha value is -2.14. The summed E-state index contributed by atoms with van der Waals surface area (Å²) in [7, 11) is 0. The van der Waals surface area contributed by atoms with Crippen molar-refractivity contribution in [2.24, 2.45) is 0 Å². The number of nitro benzene ring substituents is 1. The van der Waals surface area contributed by atoms with Crippen molar-refractivity contribution in [1.82, 2.24) is 0 Å². The fourth-order valence-electron chi connectivity index (χ4n) is 1.36. The minimum atomic E-state index is -4.94. The Bertz CT molecular complexity index is 505. The van der Waals surface area contributed by atoms with Gasteiger partial charge in [0.25, 0.3) is 5.69 Å². The Labute approximate surface area is 92.9 Å². The zero-order valence-electron chi connectivity index (χ0n) is 8.15. The van der Waals surface area contributed by atoms with Crippen LogP contribution in [0.2, 0.25) is 0 Å². The number of nitrogens with zero attached hydrogens (tertiary/aromatic N) is 2. The number of halogens is 3. The number of nitriles is 1. The number of rotatable bonds is 2. The van der Waals surface area contributed by atoms with Crippen LogP contribution in [-0.2, 0) is 12.8 Å². The molecule has 1 rings (SSSR count). The summed E-state index contributed by atoms with van der Waals surface area (Å²) >= 11 is 0. The predicted molar refractivity (Wildman–Crippen MR) is 48.7 cm³/mol. The fraction of sp³-hybridized carbons (Fsp3) is 0.222. The zero-order valence-corrected chi connectivity index (χ0v) is 8.15. The summed E-state index contributed by atoms with van der Waals surface area (Å²) in [5.41, 5.74) is -4.05. The van der Waals surface area contributed by atoms with Crippen molar-refractivity contribution in [1.29, 1.82) is 5.26 Å². The minimum Gasteiger partial charge on any atom is -0.392 e. The number of aliphatic hydroxyl groups is 1. The molecule has 8 heteroatoms. The first-order valence-corrected chi connectivity index (χ1v) is 4.21. The lowest BCUT2D eigenvalue weighted by atomic mass is 10.00. The summed E-state index contributed by atoms with van der Waals surface area (Å²) in [5.74, 6) is 0. The van der Waals surface area contributed by atoms with E-state index in [1.807, 2.05) is 0 Å². The zero-order chi connectivity index (χ0) is 13.2. The molecule has 1 N–H and O–H groups in total. The average molecular weight is 246 g/mol. The van der Waals surface area contributed by atoms with Gasteiger partial charge in [-0.1, -0.05) is 0 Å². The first-order valence-electron chi connectivity index (χ1n) is 4.21. The first-order chi connectivity index (χ1) is 7.82. The van der Waals surface area contributed by atoms with E-state index in [2.05, 4.69) is 0 Å². The van der Waals surface area contributed by atoms with Gasteiger partial charge in [-0.2, -0.15) is 18.4 Å². The summed E-state index contributed by atoms with van der Waals surface area (Å²) in [6.07, 6.45) is -4.94. The normalized spacial score (nSPS) is 11.0. The smallest absolute Gasteiger partial charge is 0.392 e. The molecule has 0 aliphatic carbocycles. The van der Waals surface area contributed by atoms with Crippen LogP contribution in [-0.4, -0.2) is 10.0 Å². The molecule has 0 bridgehead atoms. The summed E-state index contributed by atoms with van der Waals surface area (Å²) in [4.78, 5) is 9.41. The molecule has 5 nitrogen and oxygen atoms in total. The van der Waals surface area contributed by atoms with E-state index < -0.39 is 40.1 Å². The highest BCUT2D eigenvalue weighted by Gasteiger charge is 2.39. The third kappa shape index (κ3) is 2.34. The molecule has 1 aromatic carbocycles. The van der Waals surface area contributed by atoms with Gasteiger partial charge < -0.3 is 5.11 Å². The van der Waals surface area contributed by atoms with Gasteiger partial charge in [0.15, 0.2) is 0 Å². The van der Waals surface area contributed by atoms with E-state index in [1.165, 1.54) is 0 Å². The molecular formula is C9H5F3N2O3. The van der Waals surface area contributed by atoms with Crippen molar-refractivity contribution in [3.05, 3.63) is 38.9 Å². The molecule has 0 aromatic heterocycles. The van der Waals surface area contributed by atoms with Crippen LogP contribution in [0, 0.1) is 21.4 Å². The molecule has 0 saturated heterocycles. The SMILES string of the molecule is N#Cc1c([N+](=O)[O-])ccc(CO)c1C(F)(F)F. The maximum absolute atomic E-state index is 12.6. The van der Waals surface area contributed by atoms with Crippen LogP contribution in [0.3, 0.4) is 0 Å². The van der Waals surface area contributed by atoms with E-state index >= 15 is 0 Å². The number of alkyl halides is 3. The van der Waals surface area contributed by atoms with Gasteiger partial charge in [-0.05, 0) is 11.6 Å². The second-order valence-electron chi connectivity index (χ2n) is 3.02. The molecule has 90 valence electrons. The lowest BCUT2D eigenvalue weighted by Gasteiger charge is -2.12. The van der Waals surface area contributed by atoms with Crippen LogP contribution in [0.25, 0.3) is 0 Å². The monoisotopic (exact) mass is 246 g/mol. The van der Waals surface area contributed by atoms with Gasteiger partial charge in [0.1, 0.15) is 11.6 Å². The molecule has 0 spiro atoms. The number of benzene rings is 1. The maximum Gasteiger partial charge on any atom is 0.418 e. The molecule has 1 aromatic rings. The number of hydrogen-bond acceptors (Lipinski definition) is 4. The molecule has 0 atom stereocenters. The topological polar surface area (TPSA) is 87.2 Å². The molecular weight excluding hydrogens is 241 g/mol. The van der Waals surface area contributed by atoms with Crippen LogP contribution < -0.4 is 0 Å². The number of hydrogen-bond donors (Lipinski definition) is 1. The molecule has 17 heavy (non-hydrogen) atoms. The highest BCUT2D eigenvalue weighted by molar-refractivity contribution is 5.57. The minimum absolute atomic E-state index is 0.570. The molecule has 0 aliphatic heterocycles. The van der Waals surface area contributed by atoms with E-state index in [0.29, 0.717) is 0 Å². The molecule has 0 amide bonds. The van der Waals surface area contributed by atoms with Crippen molar-refractivity contribution >= 4 is 5.69 Å². The molecule has 0 aliphatic rings. The number of aliphatic hydroxyl groups excluding tert-OH is 1. The highest BCUT2D eigenvalue weighted by atomic mass is 19.4. The Kier molecular flexibility index (Phi) is 3.34. The lowest BCUT2D eigenvalue weighted by Crippen LogP contribution is -2.13. The quantitative estimate of drug-likeness (QED) is 0.638. The third-order valence-corrected chi connectivity index (χ3v) is 2.03. The largest absolute Gasteiger partial charge is 0.418 e. The van der Waals surface area contributed by atoms with Crippen LogP contribution in [0.1, 0.15) is 16.7 Å². The molecule has 0 radical (unpaired) electrons. The van der Waals surface area contributed by atoms with Crippen molar-refractivity contribution in [2.75, 3.05) is 0 Å². The lowest BCUT2D eigenvalue weighted by molar-refractivity contribution is -0.385. The summed E-state index contributed by atoms with van der Waals surface area (Å²) in [6, 6.07) is 2.70. The van der Waals surface area contributed by atoms with E-state index in [0.717, 1.165) is 18.2 Å². The first kappa shape index (κ1) is 12.9. The Balaban J connectivity index is 3.69. The summed E-state index contributed by atoms with van der Waals surface area (Å²) < 4.78 is 37.9. The summed E-state index contributed by atoms with van der Waals surface area (Å²) in [5, 5.41) is 27.8. The Morgan fingerprint density at radius 1 is 1.47 bits per heavy atom.